The lowest BCUT2D eigenvalue weighted by Gasteiger charge is -2.24. The Morgan fingerprint density at radius 2 is 0.783 bits per heavy atom. The Morgan fingerprint density at radius 1 is 0.481 bits per heavy atom. The van der Waals surface area contributed by atoms with Crippen LogP contribution in [0.25, 0.3) is 67.7 Å². The molecule has 6 heterocycles. The van der Waals surface area contributed by atoms with E-state index < -0.39 is 35.9 Å². The number of carbonyl (C=O) groups is 3. The number of alkyl halides is 3. The van der Waals surface area contributed by atoms with Crippen LogP contribution in [0.3, 0.4) is 0 Å². The van der Waals surface area contributed by atoms with Crippen LogP contribution in [0.4, 0.5) is 39.8 Å². The van der Waals surface area contributed by atoms with Crippen LogP contribution in [-0.2, 0) is 55.0 Å². The molecule has 23 nitrogen and oxygen atoms in total. The quantitative estimate of drug-likeness (QED) is 0.0905. The predicted octanol–water partition coefficient (Wildman–Crippen LogP) is 15.4. The van der Waals surface area contributed by atoms with Crippen molar-refractivity contribution in [1.82, 2.24) is 57.3 Å². The molecule has 0 unspecified atom stereocenters. The van der Waals surface area contributed by atoms with E-state index in [0.29, 0.717) is 94.2 Å². The first-order valence-corrected chi connectivity index (χ1v) is 34.5. The number of nitrogens with zero attached hydrogens (tertiary/aromatic N) is 13. The SMILES string of the molecule is CC(C)c1ccccc1-c1ncc2c(n1)n(Cc1ccc(N(C)C(=O)OC(C)(C)C)cc1)c(=O)n2C.CC(C)c1ccccc1-c1ncc2c(n1)n(Cc1ccc(NC(=O)OC(C)(C)C)cc1)c(=O)n2C.CNc1ccc(Cn2c(=O)n(C)c3cnc(-c4ccccc4C(C)C)nc32)cc1.O=CC(F)(F)F. The average Bonchev–Trinajstić information content (AvgIpc) is 1.62. The van der Waals surface area contributed by atoms with Crippen molar-refractivity contribution in [2.24, 2.45) is 21.1 Å². The molecule has 6 aromatic heterocycles. The van der Waals surface area contributed by atoms with Crippen molar-refractivity contribution < 1.29 is 37.0 Å². The largest absolute Gasteiger partial charge is 0.446 e. The topological polar surface area (TPSA) is 255 Å². The van der Waals surface area contributed by atoms with Gasteiger partial charge in [0.15, 0.2) is 34.4 Å². The minimum atomic E-state index is -4.64. The van der Waals surface area contributed by atoms with Gasteiger partial charge in [0.05, 0.1) is 38.2 Å². The third kappa shape index (κ3) is 18.9. The number of imidazole rings is 3. The zero-order valence-electron chi connectivity index (χ0n) is 62.7. The number of hydrogen-bond donors (Lipinski definition) is 2. The summed E-state index contributed by atoms with van der Waals surface area (Å²) in [6.07, 6.45) is -1.47. The summed E-state index contributed by atoms with van der Waals surface area (Å²) < 4.78 is 51.7. The number of aromatic nitrogens is 12. The van der Waals surface area contributed by atoms with Gasteiger partial charge < -0.3 is 14.8 Å². The van der Waals surface area contributed by atoms with Crippen molar-refractivity contribution in [2.75, 3.05) is 29.6 Å². The van der Waals surface area contributed by atoms with Gasteiger partial charge in [0.2, 0.25) is 6.29 Å². The van der Waals surface area contributed by atoms with Crippen molar-refractivity contribution in [3.8, 4) is 34.2 Å². The zero-order chi connectivity index (χ0) is 77.3. The van der Waals surface area contributed by atoms with E-state index >= 15 is 0 Å². The maximum Gasteiger partial charge on any atom is 0.446 e. The summed E-state index contributed by atoms with van der Waals surface area (Å²) in [5.41, 5.74) is 14.0. The van der Waals surface area contributed by atoms with Gasteiger partial charge >= 0.3 is 35.4 Å². The molecular formula is C80H90F3N15O8. The molecule has 0 saturated heterocycles. The Kier molecular flexibility index (Phi) is 24.3. The highest BCUT2D eigenvalue weighted by atomic mass is 19.4. The summed E-state index contributed by atoms with van der Waals surface area (Å²) in [5.74, 6) is 2.83. The van der Waals surface area contributed by atoms with Crippen LogP contribution in [0.15, 0.2) is 179 Å². The number of aldehydes is 1. The summed E-state index contributed by atoms with van der Waals surface area (Å²) in [6, 6.07) is 47.2. The number of nitrogens with one attached hydrogen (secondary N) is 2. The van der Waals surface area contributed by atoms with Gasteiger partial charge in [0.1, 0.15) is 27.8 Å². The second-order valence-corrected chi connectivity index (χ2v) is 28.4. The Hall–Kier alpha value is -11.8. The van der Waals surface area contributed by atoms with E-state index in [9.17, 15) is 37.1 Å². The fraction of sp³-hybridized carbons (Fsp3) is 0.325. The van der Waals surface area contributed by atoms with Crippen LogP contribution >= 0.6 is 0 Å². The van der Waals surface area contributed by atoms with Crippen LogP contribution in [0.1, 0.15) is 134 Å². The molecule has 0 radical (unpaired) electrons. The molecule has 12 rings (SSSR count). The smallest absolute Gasteiger partial charge is 0.444 e. The molecule has 0 atom stereocenters. The second kappa shape index (κ2) is 32.9. The van der Waals surface area contributed by atoms with E-state index in [1.807, 2.05) is 164 Å². The van der Waals surface area contributed by atoms with E-state index in [1.165, 1.54) is 10.5 Å². The fourth-order valence-electron chi connectivity index (χ4n) is 11.7. The first kappa shape index (κ1) is 78.3. The highest BCUT2D eigenvalue weighted by Gasteiger charge is 2.26. The lowest BCUT2D eigenvalue weighted by molar-refractivity contribution is -0.156. The number of fused-ring (bicyclic) bond motifs is 3. The molecule has 0 aliphatic rings. The van der Waals surface area contributed by atoms with Crippen LogP contribution in [-0.4, -0.2) is 107 Å². The summed E-state index contributed by atoms with van der Waals surface area (Å²) >= 11 is 0. The molecule has 0 bridgehead atoms. The molecule has 0 aliphatic carbocycles. The molecule has 2 amide bonds. The summed E-state index contributed by atoms with van der Waals surface area (Å²) in [5, 5.41) is 5.83. The monoisotopic (exact) mass is 1450 g/mol. The minimum Gasteiger partial charge on any atom is -0.444 e. The minimum absolute atomic E-state index is 0.0960. The number of anilines is 3. The highest BCUT2D eigenvalue weighted by molar-refractivity contribution is 5.87. The molecule has 0 spiro atoms. The first-order valence-electron chi connectivity index (χ1n) is 34.5. The number of aryl methyl sites for hydroxylation is 3. The van der Waals surface area contributed by atoms with E-state index in [1.54, 1.807) is 86.3 Å². The molecule has 6 aromatic carbocycles. The van der Waals surface area contributed by atoms with Crippen molar-refractivity contribution in [1.29, 1.82) is 0 Å². The normalized spacial score (nSPS) is 11.6. The summed E-state index contributed by atoms with van der Waals surface area (Å²) in [4.78, 5) is 102. The van der Waals surface area contributed by atoms with Gasteiger partial charge in [-0.1, -0.05) is 151 Å². The van der Waals surface area contributed by atoms with Gasteiger partial charge in [0.25, 0.3) is 0 Å². The molecule has 0 aliphatic heterocycles. The standard InChI is InChI=1S/C28H33N5O3.C27H31N5O3.C23H25N5O.C2HF3O/c1-18(2)21-10-8-9-11-22(21)24-29-16-23-25(30-24)33(26(34)32(23)7)17-19-12-14-20(15-13-19)31(6)27(35)36-28(3,4)5;1-17(2)20-9-7-8-10-21(20)23-28-15-22-24(30-23)32(26(34)31(22)6)16-18-11-13-19(14-12-18)29-25(33)35-27(3,4)5;1-15(2)18-7-5-6-8-19(18)21-25-13-20-22(26-21)28(23(29)27(20)4)14-16-9-11-17(24-3)12-10-16;3-2(4,5)1-6/h8-16,18H,17H2,1-7H3;7-15,17H,16H2,1-6H3,(H,29,33);5-13,15,24H,14H2,1-4H3;1H. The number of ether oxygens (including phenoxy) is 2. The van der Waals surface area contributed by atoms with E-state index in [-0.39, 0.29) is 17.1 Å². The molecule has 554 valence electrons. The molecule has 106 heavy (non-hydrogen) atoms. The average molecular weight is 1450 g/mol. The van der Waals surface area contributed by atoms with E-state index in [2.05, 4.69) is 85.3 Å². The predicted molar refractivity (Wildman–Crippen MR) is 410 cm³/mol. The zero-order valence-corrected chi connectivity index (χ0v) is 62.7. The first-order chi connectivity index (χ1) is 50.0. The van der Waals surface area contributed by atoms with Crippen molar-refractivity contribution in [2.45, 2.75) is 138 Å². The maximum atomic E-state index is 13.1. The Bertz CT molecular complexity index is 5310. The van der Waals surface area contributed by atoms with Crippen LogP contribution in [0, 0.1) is 0 Å². The van der Waals surface area contributed by atoms with Gasteiger partial charge in [-0.25, -0.2) is 53.9 Å². The number of benzene rings is 6. The van der Waals surface area contributed by atoms with Gasteiger partial charge in [-0.05, 0) is 129 Å². The second-order valence-electron chi connectivity index (χ2n) is 28.4. The fourth-order valence-corrected chi connectivity index (χ4v) is 11.7. The Balaban J connectivity index is 0.000000178. The maximum absolute atomic E-state index is 13.1. The van der Waals surface area contributed by atoms with Gasteiger partial charge in [-0.2, -0.15) is 13.2 Å². The molecular weight excluding hydrogens is 1360 g/mol. The highest BCUT2D eigenvalue weighted by Crippen LogP contribution is 2.32. The Morgan fingerprint density at radius 3 is 1.08 bits per heavy atom. The van der Waals surface area contributed by atoms with Crippen molar-refractivity contribution in [3.05, 3.63) is 229 Å². The molecule has 0 saturated carbocycles. The van der Waals surface area contributed by atoms with Crippen LogP contribution in [0.2, 0.25) is 0 Å². The van der Waals surface area contributed by atoms with Gasteiger partial charge in [0, 0.05) is 69.0 Å². The van der Waals surface area contributed by atoms with Crippen molar-refractivity contribution >= 4 is 69.0 Å². The lowest BCUT2D eigenvalue weighted by Crippen LogP contribution is -2.34. The molecule has 12 aromatic rings. The number of hydrogen-bond acceptors (Lipinski definition) is 15. The number of halogens is 3. The van der Waals surface area contributed by atoms with Crippen LogP contribution < -0.4 is 32.6 Å². The van der Waals surface area contributed by atoms with E-state index in [0.717, 1.165) is 55.7 Å². The van der Waals surface area contributed by atoms with Crippen LogP contribution in [0.5, 0.6) is 0 Å². The summed E-state index contributed by atoms with van der Waals surface area (Å²) in [6.45, 7) is 24.9. The van der Waals surface area contributed by atoms with E-state index in [4.69, 9.17) is 29.2 Å². The third-order valence-corrected chi connectivity index (χ3v) is 17.1. The lowest BCUT2D eigenvalue weighted by atomic mass is 9.97. The van der Waals surface area contributed by atoms with Gasteiger partial charge in [-0.3, -0.25) is 42.4 Å². The number of amides is 2. The molecule has 2 N–H and O–H groups in total. The summed E-state index contributed by atoms with van der Waals surface area (Å²) in [7, 11) is 8.77. The van der Waals surface area contributed by atoms with Gasteiger partial charge in [-0.15, -0.1) is 0 Å². The van der Waals surface area contributed by atoms with Crippen molar-refractivity contribution in [3.63, 3.8) is 0 Å². The third-order valence-electron chi connectivity index (χ3n) is 17.1. The Labute approximate surface area is 612 Å². The number of carbonyl (C=O) groups excluding carboxylic acids is 3. The molecule has 0 fully saturated rings. The number of rotatable bonds is 15. The molecule has 26 heteroatoms.